The quantitative estimate of drug-likeness (QED) is 0.837. The molecule has 0 fully saturated rings. The molecule has 1 N–H and O–H groups in total. The van der Waals surface area contributed by atoms with Gasteiger partial charge in [-0.2, -0.15) is 5.26 Å². The lowest BCUT2D eigenvalue weighted by Gasteiger charge is -2.19. The number of allylic oxidation sites excluding steroid dienone is 2. The molecule has 0 unspecified atom stereocenters. The minimum atomic E-state index is 0.722. The van der Waals surface area contributed by atoms with Gasteiger partial charge in [0.2, 0.25) is 0 Å². The molecule has 3 rings (SSSR count). The highest BCUT2D eigenvalue weighted by Gasteiger charge is 2.25. The summed E-state index contributed by atoms with van der Waals surface area (Å²) in [4.78, 5) is 0. The summed E-state index contributed by atoms with van der Waals surface area (Å²) < 4.78 is 0. The van der Waals surface area contributed by atoms with E-state index in [0.29, 0.717) is 0 Å². The molecule has 0 saturated heterocycles. The minimum absolute atomic E-state index is 0.722. The average Bonchev–Trinajstić information content (AvgIpc) is 2.83. The van der Waals surface area contributed by atoms with Crippen molar-refractivity contribution in [3.8, 4) is 6.07 Å². The molecule has 0 radical (unpaired) electrons. The Morgan fingerprint density at radius 1 is 1.22 bits per heavy atom. The van der Waals surface area contributed by atoms with Gasteiger partial charge in [-0.05, 0) is 49.1 Å². The molecule has 0 spiro atoms. The second-order valence-corrected chi connectivity index (χ2v) is 4.87. The Morgan fingerprint density at radius 2 is 2.00 bits per heavy atom. The number of hydrazine groups is 1. The van der Waals surface area contributed by atoms with E-state index in [1.54, 1.807) is 0 Å². The van der Waals surface area contributed by atoms with Crippen molar-refractivity contribution in [1.82, 2.24) is 5.43 Å². The largest absolute Gasteiger partial charge is 0.293 e. The van der Waals surface area contributed by atoms with Crippen LogP contribution in [0.4, 0.5) is 5.69 Å². The third-order valence-electron chi connectivity index (χ3n) is 3.25. The van der Waals surface area contributed by atoms with Crippen molar-refractivity contribution >= 4 is 17.3 Å². The summed E-state index contributed by atoms with van der Waals surface area (Å²) in [6.45, 7) is 0. The van der Waals surface area contributed by atoms with Gasteiger partial charge in [-0.1, -0.05) is 11.6 Å². The summed E-state index contributed by atoms with van der Waals surface area (Å²) in [7, 11) is 0. The number of nitrogens with zero attached hydrogens (tertiary/aromatic N) is 2. The normalized spacial score (nSPS) is 18.0. The van der Waals surface area contributed by atoms with Crippen LogP contribution in [-0.4, -0.2) is 0 Å². The molecule has 1 aliphatic carbocycles. The van der Waals surface area contributed by atoms with Gasteiger partial charge >= 0.3 is 0 Å². The molecule has 0 atom stereocenters. The first-order chi connectivity index (χ1) is 8.78. The summed E-state index contributed by atoms with van der Waals surface area (Å²) in [5.74, 6) is 0. The van der Waals surface area contributed by atoms with Crippen LogP contribution in [0.3, 0.4) is 0 Å². The number of nitriles is 1. The van der Waals surface area contributed by atoms with Crippen molar-refractivity contribution in [3.63, 3.8) is 0 Å². The van der Waals surface area contributed by atoms with Crippen molar-refractivity contribution in [2.75, 3.05) is 5.01 Å². The number of hydrogen-bond acceptors (Lipinski definition) is 3. The van der Waals surface area contributed by atoms with Crippen LogP contribution >= 0.6 is 11.6 Å². The summed E-state index contributed by atoms with van der Waals surface area (Å²) in [6.07, 6.45) is 5.01. The fourth-order valence-electron chi connectivity index (χ4n) is 2.33. The van der Waals surface area contributed by atoms with Gasteiger partial charge in [-0.25, -0.2) is 0 Å². The zero-order valence-electron chi connectivity index (χ0n) is 9.78. The summed E-state index contributed by atoms with van der Waals surface area (Å²) in [6, 6.07) is 9.91. The van der Waals surface area contributed by atoms with Gasteiger partial charge in [0.05, 0.1) is 23.0 Å². The standard InChI is InChI=1S/C14H12ClN3/c15-12-4-6-13(7-5-12)18-9-11-3-1-2-10(8-16)14(11)17-18/h4-7,9,17H,1-3H2. The average molecular weight is 258 g/mol. The van der Waals surface area contributed by atoms with Crippen molar-refractivity contribution in [2.24, 2.45) is 0 Å². The van der Waals surface area contributed by atoms with Crippen LogP contribution in [-0.2, 0) is 0 Å². The van der Waals surface area contributed by atoms with Crippen LogP contribution in [0.15, 0.2) is 47.3 Å². The van der Waals surface area contributed by atoms with Crippen LogP contribution in [0, 0.1) is 11.3 Å². The first kappa shape index (κ1) is 11.2. The first-order valence-electron chi connectivity index (χ1n) is 5.94. The van der Waals surface area contributed by atoms with Gasteiger partial charge in [-0.3, -0.25) is 10.4 Å². The predicted molar refractivity (Wildman–Crippen MR) is 71.6 cm³/mol. The lowest BCUT2D eigenvalue weighted by atomic mass is 9.94. The minimum Gasteiger partial charge on any atom is -0.293 e. The Balaban J connectivity index is 1.94. The van der Waals surface area contributed by atoms with E-state index in [1.165, 1.54) is 5.57 Å². The van der Waals surface area contributed by atoms with Crippen molar-refractivity contribution in [2.45, 2.75) is 19.3 Å². The van der Waals surface area contributed by atoms with E-state index in [-0.39, 0.29) is 0 Å². The van der Waals surface area contributed by atoms with E-state index in [4.69, 9.17) is 16.9 Å². The van der Waals surface area contributed by atoms with Gasteiger partial charge in [0.1, 0.15) is 0 Å². The molecule has 4 heteroatoms. The third-order valence-corrected chi connectivity index (χ3v) is 3.50. The fraction of sp³-hybridized carbons (Fsp3) is 0.214. The number of nitrogens with one attached hydrogen (secondary N) is 1. The summed E-state index contributed by atoms with van der Waals surface area (Å²) in [5.41, 5.74) is 7.36. The molecule has 0 amide bonds. The molecule has 1 heterocycles. The molecule has 0 bridgehead atoms. The maximum Gasteiger partial charge on any atom is 0.0969 e. The molecule has 1 aromatic carbocycles. The van der Waals surface area contributed by atoms with Crippen LogP contribution in [0.2, 0.25) is 5.02 Å². The Kier molecular flexibility index (Phi) is 2.73. The van der Waals surface area contributed by atoms with Crippen LogP contribution < -0.4 is 10.4 Å². The highest BCUT2D eigenvalue weighted by molar-refractivity contribution is 6.30. The van der Waals surface area contributed by atoms with Gasteiger partial charge < -0.3 is 0 Å². The van der Waals surface area contributed by atoms with E-state index in [0.717, 1.165) is 41.2 Å². The summed E-state index contributed by atoms with van der Waals surface area (Å²) >= 11 is 5.88. The second kappa shape index (κ2) is 4.40. The van der Waals surface area contributed by atoms with Crippen LogP contribution in [0.5, 0.6) is 0 Å². The van der Waals surface area contributed by atoms with Gasteiger partial charge in [-0.15, -0.1) is 0 Å². The molecule has 2 aliphatic rings. The Labute approximate surface area is 111 Å². The fourth-order valence-corrected chi connectivity index (χ4v) is 2.45. The zero-order valence-corrected chi connectivity index (χ0v) is 10.5. The van der Waals surface area contributed by atoms with Crippen molar-refractivity contribution < 1.29 is 0 Å². The molecular weight excluding hydrogens is 246 g/mol. The van der Waals surface area contributed by atoms with Gasteiger partial charge in [0.25, 0.3) is 0 Å². The number of halogens is 1. The van der Waals surface area contributed by atoms with Crippen LogP contribution in [0.25, 0.3) is 0 Å². The molecule has 18 heavy (non-hydrogen) atoms. The van der Waals surface area contributed by atoms with E-state index in [1.807, 2.05) is 29.3 Å². The number of benzene rings is 1. The molecule has 0 aromatic heterocycles. The van der Waals surface area contributed by atoms with E-state index in [9.17, 15) is 0 Å². The maximum atomic E-state index is 9.12. The lowest BCUT2D eigenvalue weighted by molar-refractivity contribution is 0.753. The molecule has 90 valence electrons. The van der Waals surface area contributed by atoms with Crippen molar-refractivity contribution in [1.29, 1.82) is 5.26 Å². The first-order valence-corrected chi connectivity index (χ1v) is 6.31. The third kappa shape index (κ3) is 1.85. The van der Waals surface area contributed by atoms with Gasteiger partial charge in [0.15, 0.2) is 0 Å². The van der Waals surface area contributed by atoms with Crippen LogP contribution in [0.1, 0.15) is 19.3 Å². The van der Waals surface area contributed by atoms with E-state index < -0.39 is 0 Å². The molecular formula is C14H12ClN3. The monoisotopic (exact) mass is 257 g/mol. The number of anilines is 1. The highest BCUT2D eigenvalue weighted by Crippen LogP contribution is 2.33. The Morgan fingerprint density at radius 3 is 2.72 bits per heavy atom. The van der Waals surface area contributed by atoms with Crippen molar-refractivity contribution in [3.05, 3.63) is 52.3 Å². The number of fused-ring (bicyclic) bond motifs is 1. The van der Waals surface area contributed by atoms with E-state index in [2.05, 4.69) is 17.7 Å². The van der Waals surface area contributed by atoms with Gasteiger partial charge in [0, 0.05) is 11.2 Å². The maximum absolute atomic E-state index is 9.12. The smallest absolute Gasteiger partial charge is 0.0969 e. The Hall–Kier alpha value is -1.92. The predicted octanol–water partition coefficient (Wildman–Crippen LogP) is 3.51. The second-order valence-electron chi connectivity index (χ2n) is 4.43. The lowest BCUT2D eigenvalue weighted by Crippen LogP contribution is -2.28. The SMILES string of the molecule is N#CC1=C2NN(c3ccc(Cl)cc3)C=C2CCC1. The Bertz CT molecular complexity index is 578. The molecule has 1 aliphatic heterocycles. The molecule has 3 nitrogen and oxygen atoms in total. The topological polar surface area (TPSA) is 39.1 Å². The molecule has 0 saturated carbocycles. The zero-order chi connectivity index (χ0) is 12.5. The number of rotatable bonds is 1. The number of hydrogen-bond donors (Lipinski definition) is 1. The van der Waals surface area contributed by atoms with E-state index >= 15 is 0 Å². The highest BCUT2D eigenvalue weighted by atomic mass is 35.5. The summed E-state index contributed by atoms with van der Waals surface area (Å²) in [5, 5.41) is 11.8. The molecule has 1 aromatic rings.